The highest BCUT2D eigenvalue weighted by atomic mass is 16.5. The summed E-state index contributed by atoms with van der Waals surface area (Å²) >= 11 is 0. The third kappa shape index (κ3) is 3.15. The molecule has 0 saturated heterocycles. The molecule has 1 heterocycles. The lowest BCUT2D eigenvalue weighted by molar-refractivity contribution is 0.170. The summed E-state index contributed by atoms with van der Waals surface area (Å²) in [6.07, 6.45) is 2.39. The number of fused-ring (bicyclic) bond motifs is 1. The Morgan fingerprint density at radius 2 is 2.22 bits per heavy atom. The van der Waals surface area contributed by atoms with E-state index in [0.717, 1.165) is 10.9 Å². The van der Waals surface area contributed by atoms with Crippen LogP contribution < -0.4 is 5.32 Å². The molecule has 0 bridgehead atoms. The molecule has 5 heteroatoms. The zero-order chi connectivity index (χ0) is 12.8. The summed E-state index contributed by atoms with van der Waals surface area (Å²) in [4.78, 5) is 8.67. The van der Waals surface area contributed by atoms with Crippen LogP contribution in [0, 0.1) is 0 Å². The zero-order valence-electron chi connectivity index (χ0n) is 10.3. The number of hydrogen-bond donors (Lipinski definition) is 2. The summed E-state index contributed by atoms with van der Waals surface area (Å²) in [5.74, 6) is 0.559. The molecule has 0 aliphatic heterocycles. The highest BCUT2D eigenvalue weighted by Crippen LogP contribution is 2.12. The van der Waals surface area contributed by atoms with Crippen LogP contribution in [-0.2, 0) is 4.74 Å². The van der Waals surface area contributed by atoms with Gasteiger partial charge in [0, 0.05) is 25.3 Å². The number of nitrogens with zero attached hydrogens (tertiary/aromatic N) is 2. The van der Waals surface area contributed by atoms with Crippen molar-refractivity contribution in [2.45, 2.75) is 12.5 Å². The predicted octanol–water partition coefficient (Wildman–Crippen LogP) is 1.44. The third-order valence-corrected chi connectivity index (χ3v) is 2.67. The van der Waals surface area contributed by atoms with Crippen molar-refractivity contribution in [2.75, 3.05) is 25.6 Å². The third-order valence-electron chi connectivity index (χ3n) is 2.67. The van der Waals surface area contributed by atoms with E-state index in [4.69, 9.17) is 9.84 Å². The lowest BCUT2D eigenvalue weighted by Gasteiger charge is -2.16. The monoisotopic (exact) mass is 247 g/mol. The molecule has 2 rings (SSSR count). The van der Waals surface area contributed by atoms with E-state index in [1.807, 2.05) is 24.3 Å². The van der Waals surface area contributed by atoms with Crippen molar-refractivity contribution < 1.29 is 9.84 Å². The van der Waals surface area contributed by atoms with Crippen LogP contribution in [0.2, 0.25) is 0 Å². The largest absolute Gasteiger partial charge is 0.396 e. The summed E-state index contributed by atoms with van der Waals surface area (Å²) in [5.41, 5.74) is 0.898. The number of aliphatic hydroxyl groups excluding tert-OH is 1. The van der Waals surface area contributed by atoms with Gasteiger partial charge in [-0.25, -0.2) is 9.97 Å². The van der Waals surface area contributed by atoms with Crippen molar-refractivity contribution in [2.24, 2.45) is 0 Å². The molecule has 5 nitrogen and oxygen atoms in total. The maximum Gasteiger partial charge on any atom is 0.223 e. The standard InChI is InChI=1S/C13H17N3O2/c1-18-9-11(6-7-17)15-13-14-8-10-4-2-3-5-12(10)16-13/h2-5,8,11,17H,6-7,9H2,1H3,(H,14,15,16). The molecule has 0 aliphatic carbocycles. The number of nitrogens with one attached hydrogen (secondary N) is 1. The topological polar surface area (TPSA) is 67.3 Å². The highest BCUT2D eigenvalue weighted by molar-refractivity contribution is 5.78. The van der Waals surface area contributed by atoms with Crippen LogP contribution in [0.15, 0.2) is 30.5 Å². The number of ether oxygens (including phenoxy) is 1. The number of hydrogen-bond acceptors (Lipinski definition) is 5. The molecule has 2 N–H and O–H groups in total. The lowest BCUT2D eigenvalue weighted by Crippen LogP contribution is -2.27. The SMILES string of the molecule is COCC(CCO)Nc1ncc2ccccc2n1. The van der Waals surface area contributed by atoms with Crippen LogP contribution in [0.1, 0.15) is 6.42 Å². The van der Waals surface area contributed by atoms with Crippen LogP contribution in [0.5, 0.6) is 0 Å². The molecule has 96 valence electrons. The first-order valence-corrected chi connectivity index (χ1v) is 5.91. The van der Waals surface area contributed by atoms with Crippen molar-refractivity contribution in [1.29, 1.82) is 0 Å². The number of aliphatic hydroxyl groups is 1. The average molecular weight is 247 g/mol. The smallest absolute Gasteiger partial charge is 0.223 e. The molecule has 0 saturated carbocycles. The molecule has 1 unspecified atom stereocenters. The summed E-state index contributed by atoms with van der Waals surface area (Å²) in [6, 6.07) is 7.83. The molecule has 1 aromatic heterocycles. The first-order chi connectivity index (χ1) is 8.83. The Morgan fingerprint density at radius 3 is 3.00 bits per heavy atom. The number of benzene rings is 1. The molecule has 0 amide bonds. The van der Waals surface area contributed by atoms with Gasteiger partial charge in [-0.2, -0.15) is 0 Å². The Hall–Kier alpha value is -1.72. The van der Waals surface area contributed by atoms with Crippen LogP contribution >= 0.6 is 0 Å². The number of methoxy groups -OCH3 is 1. The molecule has 0 aliphatic rings. The van der Waals surface area contributed by atoms with Crippen LogP contribution in [0.4, 0.5) is 5.95 Å². The van der Waals surface area contributed by atoms with E-state index in [0.29, 0.717) is 19.0 Å². The van der Waals surface area contributed by atoms with Crippen LogP contribution in [0.3, 0.4) is 0 Å². The summed E-state index contributed by atoms with van der Waals surface area (Å²) in [5, 5.41) is 13.2. The Bertz CT molecular complexity index is 498. The molecular formula is C13H17N3O2. The van der Waals surface area contributed by atoms with Gasteiger partial charge in [0.25, 0.3) is 0 Å². The lowest BCUT2D eigenvalue weighted by atomic mass is 10.2. The Labute approximate surface area is 106 Å². The number of aromatic nitrogens is 2. The van der Waals surface area contributed by atoms with Gasteiger partial charge in [-0.3, -0.25) is 0 Å². The van der Waals surface area contributed by atoms with Crippen molar-refractivity contribution in [3.8, 4) is 0 Å². The Kier molecular flexibility index (Phi) is 4.44. The van der Waals surface area contributed by atoms with Crippen LogP contribution in [0.25, 0.3) is 10.9 Å². The second-order valence-electron chi connectivity index (χ2n) is 4.06. The number of para-hydroxylation sites is 1. The van der Waals surface area contributed by atoms with Crippen molar-refractivity contribution in [3.05, 3.63) is 30.5 Å². The van der Waals surface area contributed by atoms with Gasteiger partial charge in [-0.15, -0.1) is 0 Å². The summed E-state index contributed by atoms with van der Waals surface area (Å²) in [7, 11) is 1.63. The van der Waals surface area contributed by atoms with E-state index in [9.17, 15) is 0 Å². The van der Waals surface area contributed by atoms with Crippen molar-refractivity contribution in [3.63, 3.8) is 0 Å². The van der Waals surface area contributed by atoms with E-state index in [-0.39, 0.29) is 12.6 Å². The molecule has 18 heavy (non-hydrogen) atoms. The number of rotatable bonds is 6. The van der Waals surface area contributed by atoms with E-state index >= 15 is 0 Å². The van der Waals surface area contributed by atoms with Gasteiger partial charge >= 0.3 is 0 Å². The fourth-order valence-corrected chi connectivity index (χ4v) is 1.78. The van der Waals surface area contributed by atoms with E-state index in [1.165, 1.54) is 0 Å². The quantitative estimate of drug-likeness (QED) is 0.808. The minimum absolute atomic E-state index is 0.0150. The molecule has 0 spiro atoms. The Morgan fingerprint density at radius 1 is 1.39 bits per heavy atom. The summed E-state index contributed by atoms with van der Waals surface area (Å²) in [6.45, 7) is 0.616. The fraction of sp³-hybridized carbons (Fsp3) is 0.385. The maximum absolute atomic E-state index is 8.98. The van der Waals surface area contributed by atoms with Crippen molar-refractivity contribution in [1.82, 2.24) is 9.97 Å². The minimum atomic E-state index is 0.0150. The first-order valence-electron chi connectivity index (χ1n) is 5.91. The first kappa shape index (κ1) is 12.7. The molecule has 2 aromatic rings. The molecule has 0 fully saturated rings. The van der Waals surface area contributed by atoms with Gasteiger partial charge < -0.3 is 15.2 Å². The second kappa shape index (κ2) is 6.28. The molecular weight excluding hydrogens is 230 g/mol. The van der Waals surface area contributed by atoms with Gasteiger partial charge in [0.2, 0.25) is 5.95 Å². The Balaban J connectivity index is 2.14. The van der Waals surface area contributed by atoms with E-state index < -0.39 is 0 Å². The van der Waals surface area contributed by atoms with E-state index in [1.54, 1.807) is 13.3 Å². The maximum atomic E-state index is 8.98. The fourth-order valence-electron chi connectivity index (χ4n) is 1.78. The molecule has 1 atom stereocenters. The normalized spacial score (nSPS) is 12.6. The zero-order valence-corrected chi connectivity index (χ0v) is 10.3. The van der Waals surface area contributed by atoms with Gasteiger partial charge in [0.1, 0.15) is 0 Å². The average Bonchev–Trinajstić information content (AvgIpc) is 2.39. The van der Waals surface area contributed by atoms with Gasteiger partial charge in [-0.05, 0) is 12.5 Å². The second-order valence-corrected chi connectivity index (χ2v) is 4.06. The number of anilines is 1. The van der Waals surface area contributed by atoms with Crippen molar-refractivity contribution >= 4 is 16.9 Å². The van der Waals surface area contributed by atoms with E-state index in [2.05, 4.69) is 15.3 Å². The summed E-state index contributed by atoms with van der Waals surface area (Å²) < 4.78 is 5.09. The van der Waals surface area contributed by atoms with Gasteiger partial charge in [0.05, 0.1) is 18.2 Å². The molecule has 0 radical (unpaired) electrons. The molecule has 1 aromatic carbocycles. The highest BCUT2D eigenvalue weighted by Gasteiger charge is 2.09. The minimum Gasteiger partial charge on any atom is -0.396 e. The van der Waals surface area contributed by atoms with Crippen LogP contribution in [-0.4, -0.2) is 41.4 Å². The predicted molar refractivity (Wildman–Crippen MR) is 70.5 cm³/mol. The van der Waals surface area contributed by atoms with Gasteiger partial charge in [-0.1, -0.05) is 18.2 Å². The van der Waals surface area contributed by atoms with Gasteiger partial charge in [0.15, 0.2) is 0 Å².